The van der Waals surface area contributed by atoms with Crippen LogP contribution in [0.5, 0.6) is 0 Å². The van der Waals surface area contributed by atoms with Gasteiger partial charge in [0.2, 0.25) is 10.0 Å². The van der Waals surface area contributed by atoms with Crippen LogP contribution in [0.25, 0.3) is 0 Å². The minimum absolute atomic E-state index is 0.0210. The molecule has 0 radical (unpaired) electrons. The Labute approximate surface area is 199 Å². The van der Waals surface area contributed by atoms with Gasteiger partial charge in [-0.05, 0) is 45.4 Å². The normalized spacial score (nSPS) is 16.7. The average Bonchev–Trinajstić information content (AvgIpc) is 3.19. The van der Waals surface area contributed by atoms with Gasteiger partial charge in [-0.25, -0.2) is 30.8 Å². The number of nitrogens with one attached hydrogen (secondary N) is 2. The maximum atomic E-state index is 14.5. The third kappa shape index (κ3) is 6.28. The van der Waals surface area contributed by atoms with Gasteiger partial charge in [0.1, 0.15) is 16.3 Å². The first-order valence-electron chi connectivity index (χ1n) is 10.4. The predicted octanol–water partition coefficient (Wildman–Crippen LogP) is 3.78. The monoisotopic (exact) mass is 517 g/mol. The highest BCUT2D eigenvalue weighted by atomic mass is 32.2. The molecular weight excluding hydrogens is 494 g/mol. The SMILES string of the molecule is CC(C)(C)OC(=O)N[C@H]1CCN(S(=O)(=O)c2cc(C(=O)Nc3cc(F)c(F)c(F)c3)ccc2F)C1. The zero-order valence-electron chi connectivity index (χ0n) is 19.0. The van der Waals surface area contributed by atoms with Gasteiger partial charge in [0.05, 0.1) is 0 Å². The van der Waals surface area contributed by atoms with E-state index in [9.17, 15) is 35.6 Å². The van der Waals surface area contributed by atoms with E-state index in [1.165, 1.54) is 0 Å². The number of hydrogen-bond acceptors (Lipinski definition) is 5. The van der Waals surface area contributed by atoms with Crippen LogP contribution >= 0.6 is 0 Å². The highest BCUT2D eigenvalue weighted by Crippen LogP contribution is 2.25. The molecule has 0 saturated carbocycles. The number of carbonyl (C=O) groups is 2. The van der Waals surface area contributed by atoms with Crippen molar-refractivity contribution in [2.24, 2.45) is 0 Å². The van der Waals surface area contributed by atoms with Gasteiger partial charge in [-0.15, -0.1) is 0 Å². The number of anilines is 1. The predicted molar refractivity (Wildman–Crippen MR) is 117 cm³/mol. The molecule has 2 aromatic carbocycles. The number of amides is 2. The summed E-state index contributed by atoms with van der Waals surface area (Å²) in [5, 5.41) is 4.66. The summed E-state index contributed by atoms with van der Waals surface area (Å²) in [6.45, 7) is 4.85. The molecule has 8 nitrogen and oxygen atoms in total. The van der Waals surface area contributed by atoms with E-state index >= 15 is 0 Å². The van der Waals surface area contributed by atoms with Crippen LogP contribution < -0.4 is 10.6 Å². The summed E-state index contributed by atoms with van der Waals surface area (Å²) < 4.78 is 86.6. The zero-order chi connectivity index (χ0) is 26.1. The lowest BCUT2D eigenvalue weighted by Crippen LogP contribution is -2.41. The van der Waals surface area contributed by atoms with E-state index in [0.29, 0.717) is 12.1 Å². The van der Waals surface area contributed by atoms with Crippen LogP contribution in [0.15, 0.2) is 35.2 Å². The summed E-state index contributed by atoms with van der Waals surface area (Å²) in [6, 6.07) is 3.04. The van der Waals surface area contributed by atoms with Crippen molar-refractivity contribution in [3.63, 3.8) is 0 Å². The molecule has 35 heavy (non-hydrogen) atoms. The second-order valence-electron chi connectivity index (χ2n) is 8.85. The molecule has 190 valence electrons. The van der Waals surface area contributed by atoms with Crippen LogP contribution in [0.3, 0.4) is 0 Å². The number of benzene rings is 2. The molecule has 1 heterocycles. The lowest BCUT2D eigenvalue weighted by atomic mass is 10.2. The number of alkyl carbamates (subject to hydrolysis) is 1. The van der Waals surface area contributed by atoms with E-state index in [0.717, 1.165) is 22.5 Å². The van der Waals surface area contributed by atoms with Crippen molar-refractivity contribution in [2.75, 3.05) is 18.4 Å². The summed E-state index contributed by atoms with van der Waals surface area (Å²) in [7, 11) is -4.40. The summed E-state index contributed by atoms with van der Waals surface area (Å²) >= 11 is 0. The molecule has 2 N–H and O–H groups in total. The van der Waals surface area contributed by atoms with Crippen LogP contribution in [0.1, 0.15) is 37.6 Å². The second kappa shape index (κ2) is 9.82. The molecule has 1 atom stereocenters. The number of carbonyl (C=O) groups excluding carboxylic acids is 2. The van der Waals surface area contributed by atoms with Crippen molar-refractivity contribution in [2.45, 2.75) is 43.7 Å². The first kappa shape index (κ1) is 26.4. The third-order valence-electron chi connectivity index (χ3n) is 4.92. The largest absolute Gasteiger partial charge is 0.444 e. The van der Waals surface area contributed by atoms with E-state index in [2.05, 4.69) is 10.6 Å². The quantitative estimate of drug-likeness (QED) is 0.464. The van der Waals surface area contributed by atoms with E-state index in [1.807, 2.05) is 0 Å². The summed E-state index contributed by atoms with van der Waals surface area (Å²) in [5.41, 5.74) is -1.49. The molecule has 1 aliphatic rings. The lowest BCUT2D eigenvalue weighted by molar-refractivity contribution is 0.0507. The number of halogens is 4. The number of sulfonamides is 1. The Kier molecular flexibility index (Phi) is 7.41. The molecular formula is C22H23F4N3O5S. The van der Waals surface area contributed by atoms with Crippen LogP contribution in [0.2, 0.25) is 0 Å². The van der Waals surface area contributed by atoms with Gasteiger partial charge in [0.25, 0.3) is 5.91 Å². The topological polar surface area (TPSA) is 105 Å². The maximum Gasteiger partial charge on any atom is 0.407 e. The fourth-order valence-corrected chi connectivity index (χ4v) is 4.94. The molecule has 2 aromatic rings. The van der Waals surface area contributed by atoms with Crippen molar-refractivity contribution in [3.8, 4) is 0 Å². The highest BCUT2D eigenvalue weighted by molar-refractivity contribution is 7.89. The van der Waals surface area contributed by atoms with Gasteiger partial charge in [0, 0.05) is 42.5 Å². The maximum absolute atomic E-state index is 14.5. The van der Waals surface area contributed by atoms with Gasteiger partial charge < -0.3 is 15.4 Å². The number of rotatable bonds is 5. The minimum atomic E-state index is -4.40. The molecule has 2 amide bonds. The van der Waals surface area contributed by atoms with Crippen LogP contribution in [-0.4, -0.2) is 49.5 Å². The minimum Gasteiger partial charge on any atom is -0.444 e. The van der Waals surface area contributed by atoms with Gasteiger partial charge in [-0.3, -0.25) is 4.79 Å². The highest BCUT2D eigenvalue weighted by Gasteiger charge is 2.36. The van der Waals surface area contributed by atoms with E-state index < -0.39 is 67.5 Å². The third-order valence-corrected chi connectivity index (χ3v) is 6.80. The standard InChI is InChI=1S/C22H23F4N3O5S/c1-22(2,3)34-21(31)28-13-6-7-29(11-13)35(32,33)18-8-12(4-5-15(18)23)20(30)27-14-9-16(24)19(26)17(25)10-14/h4-5,8-10,13H,6-7,11H2,1-3H3,(H,27,30)(H,28,31)/t13-/m0/s1. The molecule has 13 heteroatoms. The Balaban J connectivity index is 1.76. The van der Waals surface area contributed by atoms with Crippen molar-refractivity contribution < 1.29 is 40.3 Å². The fraction of sp³-hybridized carbons (Fsp3) is 0.364. The lowest BCUT2D eigenvalue weighted by Gasteiger charge is -2.22. The average molecular weight is 518 g/mol. The Bertz CT molecular complexity index is 1240. The number of ether oxygens (including phenoxy) is 1. The molecule has 0 aromatic heterocycles. The smallest absolute Gasteiger partial charge is 0.407 e. The van der Waals surface area contributed by atoms with Gasteiger partial charge in [-0.1, -0.05) is 0 Å². The molecule has 1 saturated heterocycles. The summed E-state index contributed by atoms with van der Waals surface area (Å²) in [6.07, 6.45) is -0.470. The zero-order valence-corrected chi connectivity index (χ0v) is 19.8. The Morgan fingerprint density at radius 1 is 1.03 bits per heavy atom. The molecule has 1 fully saturated rings. The fourth-order valence-electron chi connectivity index (χ4n) is 3.35. The van der Waals surface area contributed by atoms with Crippen LogP contribution in [-0.2, 0) is 14.8 Å². The van der Waals surface area contributed by atoms with Gasteiger partial charge >= 0.3 is 6.09 Å². The molecule has 3 rings (SSSR count). The summed E-state index contributed by atoms with van der Waals surface area (Å²) in [4.78, 5) is 23.6. The Hall–Kier alpha value is -3.19. The van der Waals surface area contributed by atoms with Crippen molar-refractivity contribution in [1.82, 2.24) is 9.62 Å². The van der Waals surface area contributed by atoms with E-state index in [4.69, 9.17) is 4.74 Å². The van der Waals surface area contributed by atoms with Crippen molar-refractivity contribution >= 4 is 27.7 Å². The molecule has 0 spiro atoms. The van der Waals surface area contributed by atoms with Crippen molar-refractivity contribution in [1.29, 1.82) is 0 Å². The number of nitrogens with zero attached hydrogens (tertiary/aromatic N) is 1. The Morgan fingerprint density at radius 3 is 2.26 bits per heavy atom. The second-order valence-corrected chi connectivity index (χ2v) is 10.8. The van der Waals surface area contributed by atoms with E-state index in [1.54, 1.807) is 20.8 Å². The molecule has 0 unspecified atom stereocenters. The molecule has 0 aliphatic carbocycles. The van der Waals surface area contributed by atoms with Gasteiger partial charge in [0.15, 0.2) is 17.5 Å². The number of hydrogen-bond donors (Lipinski definition) is 2. The van der Waals surface area contributed by atoms with E-state index in [-0.39, 0.29) is 25.1 Å². The van der Waals surface area contributed by atoms with Crippen LogP contribution in [0.4, 0.5) is 28.0 Å². The first-order chi connectivity index (χ1) is 16.2. The molecule has 0 bridgehead atoms. The summed E-state index contributed by atoms with van der Waals surface area (Å²) in [5.74, 6) is -6.91. The molecule has 1 aliphatic heterocycles. The van der Waals surface area contributed by atoms with Crippen molar-refractivity contribution in [3.05, 3.63) is 59.2 Å². The van der Waals surface area contributed by atoms with Crippen LogP contribution in [0, 0.1) is 23.3 Å². The first-order valence-corrected chi connectivity index (χ1v) is 11.9. The Morgan fingerprint density at radius 2 is 1.66 bits per heavy atom. The van der Waals surface area contributed by atoms with Gasteiger partial charge in [-0.2, -0.15) is 4.31 Å².